The first-order valence-corrected chi connectivity index (χ1v) is 14.7. The lowest BCUT2D eigenvalue weighted by Gasteiger charge is -2.27. The molecule has 0 saturated heterocycles. The van der Waals surface area contributed by atoms with Gasteiger partial charge >= 0.3 is 0 Å². The van der Waals surface area contributed by atoms with Crippen molar-refractivity contribution in [2.45, 2.75) is 141 Å². The van der Waals surface area contributed by atoms with Gasteiger partial charge in [0.25, 0.3) is 0 Å². The highest BCUT2D eigenvalue weighted by atomic mass is 35.5. The molecule has 0 radical (unpaired) electrons. The molecule has 2 aromatic heterocycles. The van der Waals surface area contributed by atoms with Gasteiger partial charge in [0.2, 0.25) is 5.95 Å². The van der Waals surface area contributed by atoms with E-state index < -0.39 is 0 Å². The second kappa shape index (κ2) is 17.3. The molecule has 0 unspecified atom stereocenters. The fraction of sp³-hybridized carbons (Fsp3) is 0.821. The SMILES string of the molecule is CCCCCCCCCCCCNc1nc(N[C@H]2CC[C@H](N)CC2)nc2c1ncn2C1CCCC1.Cl.Cl. The van der Waals surface area contributed by atoms with Crippen molar-refractivity contribution in [2.75, 3.05) is 17.2 Å². The average molecular weight is 557 g/mol. The molecule has 0 bridgehead atoms. The lowest BCUT2D eigenvalue weighted by Crippen LogP contribution is -2.33. The summed E-state index contributed by atoms with van der Waals surface area (Å²) < 4.78 is 2.30. The molecule has 2 fully saturated rings. The Hall–Kier alpha value is -1.31. The van der Waals surface area contributed by atoms with E-state index in [0.29, 0.717) is 18.1 Å². The molecular formula is C28H51Cl2N7. The predicted molar refractivity (Wildman–Crippen MR) is 162 cm³/mol. The molecule has 2 saturated carbocycles. The van der Waals surface area contributed by atoms with Crippen molar-refractivity contribution in [2.24, 2.45) is 5.73 Å². The van der Waals surface area contributed by atoms with Crippen LogP contribution in [-0.4, -0.2) is 38.1 Å². The van der Waals surface area contributed by atoms with Crippen LogP contribution in [0.15, 0.2) is 6.33 Å². The van der Waals surface area contributed by atoms with Crippen LogP contribution >= 0.6 is 24.8 Å². The summed E-state index contributed by atoms with van der Waals surface area (Å²) in [5, 5.41) is 7.24. The second-order valence-corrected chi connectivity index (χ2v) is 11.0. The van der Waals surface area contributed by atoms with E-state index in [9.17, 15) is 0 Å². The first-order valence-electron chi connectivity index (χ1n) is 14.7. The molecule has 0 atom stereocenters. The van der Waals surface area contributed by atoms with Crippen LogP contribution in [0.4, 0.5) is 11.8 Å². The molecule has 2 aliphatic carbocycles. The highest BCUT2D eigenvalue weighted by Crippen LogP contribution is 2.33. The standard InChI is InChI=1S/C28H49N7.2ClH/c1-2-3-4-5-6-7-8-9-10-13-20-30-26-25-27(35(21-31-25)24-14-11-12-15-24)34-28(33-26)32-23-18-16-22(29)17-19-23;;/h21-24H,2-20,29H2,1H3,(H2,30,32,33,34);2*1H/t22-,23-;;. The van der Waals surface area contributed by atoms with Crippen molar-refractivity contribution in [3.8, 4) is 0 Å². The number of rotatable bonds is 15. The lowest BCUT2D eigenvalue weighted by molar-refractivity contribution is 0.410. The van der Waals surface area contributed by atoms with E-state index in [0.717, 1.165) is 55.2 Å². The quantitative estimate of drug-likeness (QED) is 0.194. The van der Waals surface area contributed by atoms with Gasteiger partial charge in [-0.2, -0.15) is 9.97 Å². The topological polar surface area (TPSA) is 93.7 Å². The van der Waals surface area contributed by atoms with Crippen LogP contribution in [0.25, 0.3) is 11.2 Å². The van der Waals surface area contributed by atoms with Crippen molar-refractivity contribution in [3.05, 3.63) is 6.33 Å². The summed E-state index contributed by atoms with van der Waals surface area (Å²) in [5.41, 5.74) is 8.01. The Morgan fingerprint density at radius 2 is 1.46 bits per heavy atom. The van der Waals surface area contributed by atoms with Crippen molar-refractivity contribution >= 4 is 47.7 Å². The van der Waals surface area contributed by atoms with Crippen LogP contribution < -0.4 is 16.4 Å². The summed E-state index contributed by atoms with van der Waals surface area (Å²) in [6.45, 7) is 3.22. The molecule has 2 heterocycles. The number of hydrogen-bond acceptors (Lipinski definition) is 6. The molecule has 4 rings (SSSR count). The van der Waals surface area contributed by atoms with E-state index in [4.69, 9.17) is 20.7 Å². The van der Waals surface area contributed by atoms with Gasteiger partial charge in [-0.25, -0.2) is 4.98 Å². The summed E-state index contributed by atoms with van der Waals surface area (Å²) in [6, 6.07) is 1.27. The zero-order valence-electron chi connectivity index (χ0n) is 22.9. The second-order valence-electron chi connectivity index (χ2n) is 11.0. The highest BCUT2D eigenvalue weighted by molar-refractivity contribution is 5.86. The van der Waals surface area contributed by atoms with Gasteiger partial charge in [0.1, 0.15) is 0 Å². The molecule has 0 amide bonds. The Morgan fingerprint density at radius 3 is 2.11 bits per heavy atom. The van der Waals surface area contributed by atoms with Gasteiger partial charge in [-0.05, 0) is 44.9 Å². The molecule has 2 aromatic rings. The van der Waals surface area contributed by atoms with Gasteiger partial charge in [0, 0.05) is 24.7 Å². The number of unbranched alkanes of at least 4 members (excludes halogenated alkanes) is 9. The van der Waals surface area contributed by atoms with E-state index in [1.54, 1.807) is 0 Å². The molecule has 0 aromatic carbocycles. The fourth-order valence-electron chi connectivity index (χ4n) is 5.82. The van der Waals surface area contributed by atoms with E-state index >= 15 is 0 Å². The van der Waals surface area contributed by atoms with Gasteiger partial charge in [-0.15, -0.1) is 24.8 Å². The summed E-state index contributed by atoms with van der Waals surface area (Å²) >= 11 is 0. The number of halogens is 2. The Balaban J connectivity index is 0.00000241. The number of imidazole rings is 1. The van der Waals surface area contributed by atoms with Gasteiger partial charge in [0.05, 0.1) is 6.33 Å². The highest BCUT2D eigenvalue weighted by Gasteiger charge is 2.23. The monoisotopic (exact) mass is 555 g/mol. The number of nitrogens with zero attached hydrogens (tertiary/aromatic N) is 4. The molecule has 4 N–H and O–H groups in total. The van der Waals surface area contributed by atoms with Crippen LogP contribution in [-0.2, 0) is 0 Å². The molecule has 0 aliphatic heterocycles. The summed E-state index contributed by atoms with van der Waals surface area (Å²) in [6.07, 6.45) is 24.9. The molecule has 7 nitrogen and oxygen atoms in total. The fourth-order valence-corrected chi connectivity index (χ4v) is 5.82. The predicted octanol–water partition coefficient (Wildman–Crippen LogP) is 7.80. The number of hydrogen-bond donors (Lipinski definition) is 3. The van der Waals surface area contributed by atoms with Crippen LogP contribution in [0.2, 0.25) is 0 Å². The van der Waals surface area contributed by atoms with E-state index in [1.807, 2.05) is 6.33 Å². The first-order chi connectivity index (χ1) is 17.2. The number of nitrogens with one attached hydrogen (secondary N) is 2. The third kappa shape index (κ3) is 9.74. The Labute approximate surface area is 236 Å². The smallest absolute Gasteiger partial charge is 0.227 e. The average Bonchev–Trinajstić information content (AvgIpc) is 3.54. The molecule has 212 valence electrons. The zero-order valence-corrected chi connectivity index (χ0v) is 24.6. The third-order valence-electron chi connectivity index (χ3n) is 8.07. The Bertz CT molecular complexity index is 877. The van der Waals surface area contributed by atoms with Crippen LogP contribution in [0.5, 0.6) is 0 Å². The molecule has 9 heteroatoms. The van der Waals surface area contributed by atoms with Crippen molar-refractivity contribution < 1.29 is 0 Å². The maximum Gasteiger partial charge on any atom is 0.227 e. The van der Waals surface area contributed by atoms with E-state index in [1.165, 1.54) is 89.9 Å². The summed E-state index contributed by atoms with van der Waals surface area (Å²) in [7, 11) is 0. The molecule has 0 spiro atoms. The number of aromatic nitrogens is 4. The van der Waals surface area contributed by atoms with Gasteiger partial charge in [-0.1, -0.05) is 77.6 Å². The minimum absolute atomic E-state index is 0. The minimum Gasteiger partial charge on any atom is -0.368 e. The summed E-state index contributed by atoms with van der Waals surface area (Å²) in [5.74, 6) is 1.63. The van der Waals surface area contributed by atoms with Crippen LogP contribution in [0.1, 0.15) is 129 Å². The third-order valence-corrected chi connectivity index (χ3v) is 8.07. The Kier molecular flexibility index (Phi) is 14.9. The van der Waals surface area contributed by atoms with Crippen molar-refractivity contribution in [1.29, 1.82) is 0 Å². The van der Waals surface area contributed by atoms with Crippen molar-refractivity contribution in [3.63, 3.8) is 0 Å². The summed E-state index contributed by atoms with van der Waals surface area (Å²) in [4.78, 5) is 14.6. The maximum absolute atomic E-state index is 6.11. The largest absolute Gasteiger partial charge is 0.368 e. The molecule has 37 heavy (non-hydrogen) atoms. The van der Waals surface area contributed by atoms with Gasteiger partial charge in [-0.3, -0.25) is 0 Å². The lowest BCUT2D eigenvalue weighted by atomic mass is 9.92. The number of nitrogens with two attached hydrogens (primary N) is 1. The normalized spacial score (nSPS) is 19.9. The van der Waals surface area contributed by atoms with Gasteiger partial charge < -0.3 is 20.9 Å². The number of anilines is 2. The molecular weight excluding hydrogens is 505 g/mol. The maximum atomic E-state index is 6.11. The first kappa shape index (κ1) is 31.9. The van der Waals surface area contributed by atoms with Crippen molar-refractivity contribution in [1.82, 2.24) is 19.5 Å². The minimum atomic E-state index is 0. The zero-order chi connectivity index (χ0) is 24.3. The van der Waals surface area contributed by atoms with E-state index in [2.05, 4.69) is 22.1 Å². The van der Waals surface area contributed by atoms with E-state index in [-0.39, 0.29) is 24.8 Å². The van der Waals surface area contributed by atoms with Crippen LogP contribution in [0, 0.1) is 0 Å². The number of fused-ring (bicyclic) bond motifs is 1. The van der Waals surface area contributed by atoms with Crippen LogP contribution in [0.3, 0.4) is 0 Å². The van der Waals surface area contributed by atoms with Gasteiger partial charge in [0.15, 0.2) is 17.0 Å². The Morgan fingerprint density at radius 1 is 0.838 bits per heavy atom. The molecule has 2 aliphatic rings.